The van der Waals surface area contributed by atoms with Gasteiger partial charge < -0.3 is 14.4 Å². The minimum atomic E-state index is -0.675. The van der Waals surface area contributed by atoms with Gasteiger partial charge in [-0.2, -0.15) is 0 Å². The zero-order valence-electron chi connectivity index (χ0n) is 16.6. The monoisotopic (exact) mass is 397 g/mol. The lowest BCUT2D eigenvalue weighted by atomic mass is 9.95. The third kappa shape index (κ3) is 4.43. The Balaban J connectivity index is 2.11. The van der Waals surface area contributed by atoms with Gasteiger partial charge in [-0.05, 0) is 35.4 Å². The predicted octanol–water partition coefficient (Wildman–Crippen LogP) is 3.28. The van der Waals surface area contributed by atoms with Crippen molar-refractivity contribution in [3.63, 3.8) is 0 Å². The Labute approximate surface area is 175 Å². The van der Waals surface area contributed by atoms with Crippen molar-refractivity contribution in [1.82, 2.24) is 4.90 Å². The van der Waals surface area contributed by atoms with Crippen molar-refractivity contribution in [2.45, 2.75) is 6.04 Å². The number of carbonyl (C=O) groups excluding carboxylic acids is 2. The molecule has 2 aromatic rings. The molecule has 0 radical (unpaired) electrons. The number of hydrogen-bond acceptors (Lipinski definition) is 5. The first kappa shape index (κ1) is 20.5. The SMILES string of the molecule is C#Cc1cccc(C#CC2c3ccccc3C=CN2/C(=C/C(=O)OC)C(=O)OC)c1. The lowest BCUT2D eigenvalue weighted by molar-refractivity contribution is -0.139. The quantitative estimate of drug-likeness (QED) is 0.452. The molecule has 0 bridgehead atoms. The smallest absolute Gasteiger partial charge is 0.354 e. The molecule has 0 fully saturated rings. The van der Waals surface area contributed by atoms with Crippen molar-refractivity contribution in [3.8, 4) is 24.2 Å². The molecule has 0 aromatic heterocycles. The normalized spacial score (nSPS) is 14.6. The molecule has 5 heteroatoms. The van der Waals surface area contributed by atoms with Crippen LogP contribution in [0.2, 0.25) is 0 Å². The van der Waals surface area contributed by atoms with Crippen LogP contribution in [-0.2, 0) is 19.1 Å². The van der Waals surface area contributed by atoms with E-state index in [1.807, 2.05) is 54.6 Å². The minimum Gasteiger partial charge on any atom is -0.466 e. The Morgan fingerprint density at radius 1 is 1.07 bits per heavy atom. The van der Waals surface area contributed by atoms with Crippen molar-refractivity contribution < 1.29 is 19.1 Å². The van der Waals surface area contributed by atoms with Crippen LogP contribution in [0.5, 0.6) is 0 Å². The van der Waals surface area contributed by atoms with Crippen LogP contribution in [0.3, 0.4) is 0 Å². The first-order valence-electron chi connectivity index (χ1n) is 9.09. The average Bonchev–Trinajstić information content (AvgIpc) is 2.80. The van der Waals surface area contributed by atoms with Crippen molar-refractivity contribution in [3.05, 3.63) is 88.8 Å². The van der Waals surface area contributed by atoms with Crippen LogP contribution in [0.4, 0.5) is 0 Å². The molecule has 30 heavy (non-hydrogen) atoms. The molecule has 0 saturated carbocycles. The standard InChI is InChI=1S/C25H19NO4/c1-4-18-8-7-9-19(16-18)12-13-22-21-11-6-5-10-20(21)14-15-26(22)23(25(28)30-3)17-24(27)29-2/h1,5-11,14-17,22H,2-3H3/b23-17+. The average molecular weight is 397 g/mol. The van der Waals surface area contributed by atoms with Crippen molar-refractivity contribution in [2.24, 2.45) is 0 Å². The molecule has 3 rings (SSSR count). The van der Waals surface area contributed by atoms with Gasteiger partial charge in [0.05, 0.1) is 20.3 Å². The molecule has 0 saturated heterocycles. The molecule has 0 spiro atoms. The molecule has 5 nitrogen and oxygen atoms in total. The predicted molar refractivity (Wildman–Crippen MR) is 113 cm³/mol. The zero-order valence-corrected chi connectivity index (χ0v) is 16.6. The van der Waals surface area contributed by atoms with Gasteiger partial charge in [0, 0.05) is 17.3 Å². The van der Waals surface area contributed by atoms with E-state index in [0.29, 0.717) is 0 Å². The molecule has 0 aliphatic carbocycles. The second kappa shape index (κ2) is 9.32. The number of carbonyl (C=O) groups is 2. The fourth-order valence-corrected chi connectivity index (χ4v) is 3.03. The first-order chi connectivity index (χ1) is 14.6. The Bertz CT molecular complexity index is 1140. The van der Waals surface area contributed by atoms with Gasteiger partial charge >= 0.3 is 11.9 Å². The van der Waals surface area contributed by atoms with E-state index in [1.165, 1.54) is 14.2 Å². The van der Waals surface area contributed by atoms with Crippen molar-refractivity contribution in [1.29, 1.82) is 0 Å². The van der Waals surface area contributed by atoms with Gasteiger partial charge in [0.2, 0.25) is 0 Å². The largest absolute Gasteiger partial charge is 0.466 e. The molecule has 1 unspecified atom stereocenters. The summed E-state index contributed by atoms with van der Waals surface area (Å²) in [5.41, 5.74) is 3.34. The van der Waals surface area contributed by atoms with E-state index in [-0.39, 0.29) is 5.70 Å². The summed E-state index contributed by atoms with van der Waals surface area (Å²) < 4.78 is 9.58. The molecule has 0 N–H and O–H groups in total. The molecule has 1 aliphatic rings. The summed E-state index contributed by atoms with van der Waals surface area (Å²) in [7, 11) is 2.49. The molecular formula is C25H19NO4. The van der Waals surface area contributed by atoms with Gasteiger partial charge in [0.25, 0.3) is 0 Å². The third-order valence-electron chi connectivity index (χ3n) is 4.49. The number of hydrogen-bond donors (Lipinski definition) is 0. The van der Waals surface area contributed by atoms with Crippen LogP contribution in [-0.4, -0.2) is 31.1 Å². The molecule has 1 heterocycles. The van der Waals surface area contributed by atoms with E-state index in [1.54, 1.807) is 11.1 Å². The highest BCUT2D eigenvalue weighted by Crippen LogP contribution is 2.33. The summed E-state index contributed by atoms with van der Waals surface area (Å²) in [6.45, 7) is 0. The summed E-state index contributed by atoms with van der Waals surface area (Å²) in [6.07, 6.45) is 10.1. The molecule has 2 aromatic carbocycles. The van der Waals surface area contributed by atoms with Crippen LogP contribution in [0, 0.1) is 24.2 Å². The summed E-state index contributed by atoms with van der Waals surface area (Å²) in [5, 5.41) is 0. The topological polar surface area (TPSA) is 55.8 Å². The second-order valence-electron chi connectivity index (χ2n) is 6.29. The molecule has 1 aliphatic heterocycles. The van der Waals surface area contributed by atoms with E-state index in [9.17, 15) is 9.59 Å². The lowest BCUT2D eigenvalue weighted by Crippen LogP contribution is -2.30. The van der Waals surface area contributed by atoms with E-state index < -0.39 is 18.0 Å². The minimum absolute atomic E-state index is 0.0202. The van der Waals surface area contributed by atoms with Gasteiger partial charge in [-0.15, -0.1) is 6.42 Å². The summed E-state index contributed by atoms with van der Waals surface area (Å²) in [4.78, 5) is 25.9. The van der Waals surface area contributed by atoms with E-state index in [2.05, 4.69) is 17.8 Å². The highest BCUT2D eigenvalue weighted by atomic mass is 16.5. The van der Waals surface area contributed by atoms with Gasteiger partial charge in [0.15, 0.2) is 0 Å². The number of methoxy groups -OCH3 is 2. The Hall–Kier alpha value is -4.22. The summed E-state index contributed by atoms with van der Waals surface area (Å²) >= 11 is 0. The zero-order chi connectivity index (χ0) is 21.5. The van der Waals surface area contributed by atoms with Gasteiger partial charge in [0.1, 0.15) is 11.7 Å². The number of rotatable bonds is 3. The fourth-order valence-electron chi connectivity index (χ4n) is 3.03. The molecule has 148 valence electrons. The Morgan fingerprint density at radius 3 is 2.57 bits per heavy atom. The number of esters is 2. The number of terminal acetylenes is 1. The number of benzene rings is 2. The lowest BCUT2D eigenvalue weighted by Gasteiger charge is -2.32. The van der Waals surface area contributed by atoms with Crippen LogP contribution >= 0.6 is 0 Å². The summed E-state index contributed by atoms with van der Waals surface area (Å²) in [6, 6.07) is 14.5. The van der Waals surface area contributed by atoms with E-state index >= 15 is 0 Å². The summed E-state index contributed by atoms with van der Waals surface area (Å²) in [5.74, 6) is 7.57. The van der Waals surface area contributed by atoms with Gasteiger partial charge in [-0.1, -0.05) is 48.1 Å². The fraction of sp³-hybridized carbons (Fsp3) is 0.120. The van der Waals surface area contributed by atoms with Crippen LogP contribution in [0.25, 0.3) is 6.08 Å². The highest BCUT2D eigenvalue weighted by molar-refractivity contribution is 5.96. The molecular weight excluding hydrogens is 378 g/mol. The van der Waals surface area contributed by atoms with E-state index in [4.69, 9.17) is 15.9 Å². The number of ether oxygens (including phenoxy) is 2. The maximum Gasteiger partial charge on any atom is 0.354 e. The number of fused-ring (bicyclic) bond motifs is 1. The van der Waals surface area contributed by atoms with Crippen molar-refractivity contribution in [2.75, 3.05) is 14.2 Å². The Kier molecular flexibility index (Phi) is 6.37. The van der Waals surface area contributed by atoms with Gasteiger partial charge in [-0.3, -0.25) is 0 Å². The van der Waals surface area contributed by atoms with Gasteiger partial charge in [-0.25, -0.2) is 9.59 Å². The Morgan fingerprint density at radius 2 is 1.83 bits per heavy atom. The maximum atomic E-state index is 12.4. The number of nitrogens with zero attached hydrogens (tertiary/aromatic N) is 1. The second-order valence-corrected chi connectivity index (χ2v) is 6.29. The van der Waals surface area contributed by atoms with Crippen LogP contribution in [0.15, 0.2) is 66.5 Å². The van der Waals surface area contributed by atoms with Crippen LogP contribution < -0.4 is 0 Å². The van der Waals surface area contributed by atoms with E-state index in [0.717, 1.165) is 28.3 Å². The molecule has 0 amide bonds. The van der Waals surface area contributed by atoms with Crippen LogP contribution in [0.1, 0.15) is 28.3 Å². The maximum absolute atomic E-state index is 12.4. The highest BCUT2D eigenvalue weighted by Gasteiger charge is 2.29. The third-order valence-corrected chi connectivity index (χ3v) is 4.49. The first-order valence-corrected chi connectivity index (χ1v) is 9.09. The molecule has 1 atom stereocenters. The van der Waals surface area contributed by atoms with Crippen molar-refractivity contribution >= 4 is 18.0 Å².